The van der Waals surface area contributed by atoms with E-state index in [0.717, 1.165) is 11.1 Å². The number of hydrogen-bond acceptors (Lipinski definition) is 6. The molecule has 0 N–H and O–H groups in total. The van der Waals surface area contributed by atoms with Gasteiger partial charge >= 0.3 is 0 Å². The molecule has 3 rings (SSSR count). The molecule has 0 aliphatic carbocycles. The summed E-state index contributed by atoms with van der Waals surface area (Å²) in [5, 5.41) is 0. The molecule has 146 valence electrons. The fourth-order valence-corrected chi connectivity index (χ4v) is 6.07. The van der Waals surface area contributed by atoms with Crippen LogP contribution >= 0.6 is 15.9 Å². The Bertz CT molecular complexity index is 1120. The first-order valence-corrected chi connectivity index (χ1v) is 11.7. The van der Waals surface area contributed by atoms with Crippen LogP contribution in [0, 0.1) is 13.8 Å². The Kier molecular flexibility index (Phi) is 5.55. The molecule has 0 spiro atoms. The number of benzene rings is 2. The Hall–Kier alpha value is -2.30. The van der Waals surface area contributed by atoms with Gasteiger partial charge in [0.15, 0.2) is 0 Å². The zero-order valence-electron chi connectivity index (χ0n) is 14.9. The molecule has 0 fully saturated rings. The van der Waals surface area contributed by atoms with Crippen molar-refractivity contribution in [1.82, 2.24) is 9.97 Å². The second kappa shape index (κ2) is 7.61. The van der Waals surface area contributed by atoms with Gasteiger partial charge in [-0.25, -0.2) is 9.97 Å². The van der Waals surface area contributed by atoms with Crippen molar-refractivity contribution in [3.8, 4) is 0 Å². The van der Waals surface area contributed by atoms with E-state index in [9.17, 15) is 16.8 Å². The quantitative estimate of drug-likeness (QED) is 0.553. The molecule has 1 heterocycles. The molecule has 10 heteroatoms. The van der Waals surface area contributed by atoms with Crippen LogP contribution < -0.4 is 3.71 Å². The van der Waals surface area contributed by atoms with Crippen molar-refractivity contribution in [2.75, 3.05) is 3.71 Å². The fourth-order valence-electron chi connectivity index (χ4n) is 2.36. The van der Waals surface area contributed by atoms with E-state index < -0.39 is 26.0 Å². The molecule has 0 atom stereocenters. The number of nitrogens with zero attached hydrogens (tertiary/aromatic N) is 3. The van der Waals surface area contributed by atoms with Gasteiger partial charge in [-0.05, 0) is 54.0 Å². The lowest BCUT2D eigenvalue weighted by Crippen LogP contribution is -2.38. The number of aromatic nitrogens is 2. The van der Waals surface area contributed by atoms with Crippen molar-refractivity contribution in [2.45, 2.75) is 23.6 Å². The third-order valence-electron chi connectivity index (χ3n) is 3.84. The van der Waals surface area contributed by atoms with Crippen molar-refractivity contribution < 1.29 is 16.8 Å². The highest BCUT2D eigenvalue weighted by molar-refractivity contribution is 9.10. The van der Waals surface area contributed by atoms with Crippen LogP contribution in [0.2, 0.25) is 0 Å². The van der Waals surface area contributed by atoms with Crippen molar-refractivity contribution >= 4 is 41.9 Å². The fraction of sp³-hybridized carbons (Fsp3) is 0.111. The first-order valence-electron chi connectivity index (χ1n) is 8.04. The highest BCUT2D eigenvalue weighted by Crippen LogP contribution is 2.29. The lowest BCUT2D eigenvalue weighted by atomic mass is 10.2. The van der Waals surface area contributed by atoms with Crippen LogP contribution in [0.4, 0.5) is 5.95 Å². The molecule has 0 aliphatic heterocycles. The Morgan fingerprint density at radius 1 is 0.714 bits per heavy atom. The van der Waals surface area contributed by atoms with Gasteiger partial charge in [-0.3, -0.25) is 0 Å². The molecule has 28 heavy (non-hydrogen) atoms. The molecule has 7 nitrogen and oxygen atoms in total. The zero-order chi connectivity index (χ0) is 20.5. The predicted molar refractivity (Wildman–Crippen MR) is 109 cm³/mol. The molecular weight excluding hydrogens is 466 g/mol. The molecule has 2 aromatic carbocycles. The monoisotopic (exact) mass is 481 g/mol. The summed E-state index contributed by atoms with van der Waals surface area (Å²) in [5.74, 6) is -0.468. The maximum atomic E-state index is 13.3. The average molecular weight is 482 g/mol. The molecule has 0 saturated carbocycles. The molecule has 1 aromatic heterocycles. The van der Waals surface area contributed by atoms with E-state index in [1.54, 1.807) is 38.1 Å². The van der Waals surface area contributed by atoms with Gasteiger partial charge in [-0.15, -0.1) is 3.71 Å². The van der Waals surface area contributed by atoms with Crippen LogP contribution in [0.15, 0.2) is 75.2 Å². The van der Waals surface area contributed by atoms with Crippen molar-refractivity contribution in [2.24, 2.45) is 0 Å². The van der Waals surface area contributed by atoms with Gasteiger partial charge in [0, 0.05) is 12.4 Å². The van der Waals surface area contributed by atoms with Gasteiger partial charge in [0.2, 0.25) is 0 Å². The summed E-state index contributed by atoms with van der Waals surface area (Å²) in [6.07, 6.45) is 2.56. The minimum atomic E-state index is -4.49. The number of rotatable bonds is 5. The van der Waals surface area contributed by atoms with Gasteiger partial charge < -0.3 is 0 Å². The molecule has 0 amide bonds. The van der Waals surface area contributed by atoms with Gasteiger partial charge in [0.25, 0.3) is 26.0 Å². The van der Waals surface area contributed by atoms with Crippen LogP contribution in [0.1, 0.15) is 11.1 Å². The van der Waals surface area contributed by atoms with E-state index in [2.05, 4.69) is 25.9 Å². The Balaban J connectivity index is 2.24. The minimum absolute atomic E-state index is 0.180. The van der Waals surface area contributed by atoms with Gasteiger partial charge in [-0.2, -0.15) is 16.8 Å². The molecule has 3 aromatic rings. The lowest BCUT2D eigenvalue weighted by molar-refractivity contribution is 0.583. The summed E-state index contributed by atoms with van der Waals surface area (Å²) in [4.78, 5) is 7.45. The van der Waals surface area contributed by atoms with E-state index in [-0.39, 0.29) is 13.5 Å². The topological polar surface area (TPSA) is 97.3 Å². The number of anilines is 1. The van der Waals surface area contributed by atoms with Gasteiger partial charge in [-0.1, -0.05) is 35.4 Å². The van der Waals surface area contributed by atoms with Crippen LogP contribution in [-0.4, -0.2) is 26.8 Å². The first-order chi connectivity index (χ1) is 13.1. The Labute approximate surface area is 172 Å². The largest absolute Gasteiger partial charge is 0.280 e. The Morgan fingerprint density at radius 3 is 1.43 bits per heavy atom. The average Bonchev–Trinajstić information content (AvgIpc) is 2.64. The second-order valence-electron chi connectivity index (χ2n) is 6.03. The van der Waals surface area contributed by atoms with E-state index in [4.69, 9.17) is 0 Å². The van der Waals surface area contributed by atoms with Crippen LogP contribution in [-0.2, 0) is 20.0 Å². The second-order valence-corrected chi connectivity index (χ2v) is 10.8. The number of aryl methyl sites for hydroxylation is 2. The molecule has 0 radical (unpaired) electrons. The molecular formula is C18H16BrN3O4S2. The zero-order valence-corrected chi connectivity index (χ0v) is 18.2. The summed E-state index contributed by atoms with van der Waals surface area (Å²) in [7, 11) is -8.99. The third kappa shape index (κ3) is 3.94. The third-order valence-corrected chi connectivity index (χ3v) is 8.37. The number of halogens is 1. The minimum Gasteiger partial charge on any atom is -0.219 e. The van der Waals surface area contributed by atoms with E-state index in [1.807, 2.05) is 0 Å². The standard InChI is InChI=1S/C18H16BrN3O4S2/c1-13-3-7-16(8-4-13)27(23,24)22(18-20-11-15(19)12-21-18)28(25,26)17-9-5-14(2)6-10-17/h3-12H,1-2H3. The van der Waals surface area contributed by atoms with Crippen LogP contribution in [0.25, 0.3) is 0 Å². The van der Waals surface area contributed by atoms with Crippen molar-refractivity contribution in [3.05, 3.63) is 76.5 Å². The van der Waals surface area contributed by atoms with E-state index >= 15 is 0 Å². The SMILES string of the molecule is Cc1ccc(S(=O)(=O)N(c2ncc(Br)cn2)S(=O)(=O)c2ccc(C)cc2)cc1. The normalized spacial score (nSPS) is 12.0. The summed E-state index contributed by atoms with van der Waals surface area (Å²) in [5.41, 5.74) is 1.68. The van der Waals surface area contributed by atoms with Gasteiger partial charge in [0.05, 0.1) is 14.3 Å². The molecule has 0 bridgehead atoms. The predicted octanol–water partition coefficient (Wildman–Crippen LogP) is 3.44. The smallest absolute Gasteiger partial charge is 0.219 e. The van der Waals surface area contributed by atoms with Gasteiger partial charge in [0.1, 0.15) is 0 Å². The van der Waals surface area contributed by atoms with E-state index in [1.165, 1.54) is 36.7 Å². The summed E-state index contributed by atoms with van der Waals surface area (Å²) < 4.78 is 53.8. The number of hydrogen-bond donors (Lipinski definition) is 0. The summed E-state index contributed by atoms with van der Waals surface area (Å²) >= 11 is 3.16. The Morgan fingerprint density at radius 2 is 1.07 bits per heavy atom. The highest BCUT2D eigenvalue weighted by atomic mass is 79.9. The maximum Gasteiger partial charge on any atom is 0.280 e. The summed E-state index contributed by atoms with van der Waals surface area (Å²) in [6.45, 7) is 3.60. The van der Waals surface area contributed by atoms with Crippen LogP contribution in [0.3, 0.4) is 0 Å². The molecule has 0 saturated heterocycles. The first kappa shape index (κ1) is 20.4. The van der Waals surface area contributed by atoms with Crippen molar-refractivity contribution in [1.29, 1.82) is 0 Å². The highest BCUT2D eigenvalue weighted by Gasteiger charge is 2.39. The lowest BCUT2D eigenvalue weighted by Gasteiger charge is -2.22. The van der Waals surface area contributed by atoms with E-state index in [0.29, 0.717) is 4.47 Å². The molecule has 0 aliphatic rings. The molecule has 0 unspecified atom stereocenters. The summed E-state index contributed by atoms with van der Waals surface area (Å²) in [6, 6.07) is 11.8. The maximum absolute atomic E-state index is 13.3. The van der Waals surface area contributed by atoms with Crippen LogP contribution in [0.5, 0.6) is 0 Å². The van der Waals surface area contributed by atoms with Crippen molar-refractivity contribution in [3.63, 3.8) is 0 Å². The number of sulfonamides is 2.